The Morgan fingerprint density at radius 2 is 1.92 bits per heavy atom. The maximum atomic E-state index is 15.3. The molecule has 3 N–H and O–H groups in total. The normalized spacial score (nSPS) is 28.3. The van der Waals surface area contributed by atoms with Crippen LogP contribution in [0.3, 0.4) is 0 Å². The van der Waals surface area contributed by atoms with Gasteiger partial charge in [-0.15, -0.1) is 0 Å². The third-order valence-corrected chi connectivity index (χ3v) is 7.21. The van der Waals surface area contributed by atoms with E-state index in [1.54, 1.807) is 19.9 Å². The van der Waals surface area contributed by atoms with Gasteiger partial charge in [0.1, 0.15) is 29.2 Å². The van der Waals surface area contributed by atoms with Crippen molar-refractivity contribution in [1.82, 2.24) is 19.5 Å². The summed E-state index contributed by atoms with van der Waals surface area (Å²) in [5.74, 6) is -0.103. The number of ether oxygens (including phenoxy) is 2. The van der Waals surface area contributed by atoms with Gasteiger partial charge in [-0.3, -0.25) is 0 Å². The molecule has 2 aliphatic heterocycles. The van der Waals surface area contributed by atoms with Gasteiger partial charge in [0.05, 0.1) is 34.6 Å². The van der Waals surface area contributed by atoms with E-state index < -0.39 is 36.0 Å². The summed E-state index contributed by atoms with van der Waals surface area (Å²) in [6, 6.07) is 2.60. The van der Waals surface area contributed by atoms with Crippen LogP contribution in [-0.4, -0.2) is 60.4 Å². The molecule has 0 amide bonds. The lowest BCUT2D eigenvalue weighted by Gasteiger charge is -2.37. The molecule has 194 valence electrons. The maximum Gasteiger partial charge on any atom is 0.223 e. The van der Waals surface area contributed by atoms with Gasteiger partial charge < -0.3 is 29.6 Å². The number of benzene rings is 1. The van der Waals surface area contributed by atoms with Crippen LogP contribution in [0, 0.1) is 11.7 Å². The topological polar surface area (TPSA) is 115 Å². The third-order valence-electron chi connectivity index (χ3n) is 6.93. The zero-order chi connectivity index (χ0) is 26.1. The SMILES string of the molecule is CC(C)n1c(C(C)(C)O)nc2c(F)cc(-c3nc(NC4[C@H](C)[C@@H]5O[C@@H]([C@H](C)O5)[C@H]4O)ncc3Cl)cc21. The van der Waals surface area contributed by atoms with Gasteiger partial charge in [-0.05, 0) is 46.8 Å². The molecular weight excluding hydrogens is 489 g/mol. The molecule has 2 aliphatic rings. The summed E-state index contributed by atoms with van der Waals surface area (Å²) in [4.78, 5) is 13.3. The van der Waals surface area contributed by atoms with Gasteiger partial charge in [-0.2, -0.15) is 0 Å². The summed E-state index contributed by atoms with van der Waals surface area (Å²) in [5, 5.41) is 25.0. The molecule has 0 saturated carbocycles. The minimum atomic E-state index is -1.26. The number of aliphatic hydroxyl groups excluding tert-OH is 1. The van der Waals surface area contributed by atoms with Gasteiger partial charge in [-0.1, -0.05) is 18.5 Å². The van der Waals surface area contributed by atoms with E-state index in [4.69, 9.17) is 21.1 Å². The summed E-state index contributed by atoms with van der Waals surface area (Å²) < 4.78 is 28.7. The summed E-state index contributed by atoms with van der Waals surface area (Å²) in [5.41, 5.74) is 0.200. The Hall–Kier alpha value is -2.37. The first kappa shape index (κ1) is 25.3. The average molecular weight is 520 g/mol. The Labute approximate surface area is 213 Å². The first-order valence-corrected chi connectivity index (χ1v) is 12.5. The van der Waals surface area contributed by atoms with Crippen LogP contribution in [-0.2, 0) is 15.1 Å². The number of anilines is 1. The highest BCUT2D eigenvalue weighted by atomic mass is 35.5. The first-order chi connectivity index (χ1) is 16.9. The summed E-state index contributed by atoms with van der Waals surface area (Å²) in [6.45, 7) is 10.9. The van der Waals surface area contributed by atoms with Crippen molar-refractivity contribution in [2.75, 3.05) is 5.32 Å². The fourth-order valence-corrected chi connectivity index (χ4v) is 5.33. The molecule has 2 fully saturated rings. The number of aromatic nitrogens is 4. The van der Waals surface area contributed by atoms with Crippen LogP contribution >= 0.6 is 11.6 Å². The molecule has 6 atom stereocenters. The number of fused-ring (bicyclic) bond motifs is 3. The fraction of sp³-hybridized carbons (Fsp3) is 0.560. The largest absolute Gasteiger partial charge is 0.388 e. The Morgan fingerprint density at radius 3 is 2.58 bits per heavy atom. The predicted molar refractivity (Wildman–Crippen MR) is 133 cm³/mol. The molecule has 0 spiro atoms. The lowest BCUT2D eigenvalue weighted by molar-refractivity contribution is -0.155. The van der Waals surface area contributed by atoms with Crippen LogP contribution < -0.4 is 5.32 Å². The molecule has 5 rings (SSSR count). The van der Waals surface area contributed by atoms with Crippen molar-refractivity contribution in [3.05, 3.63) is 35.0 Å². The first-order valence-electron chi connectivity index (χ1n) is 12.1. The standard InChI is InChI=1S/C25H31ClFN5O4/c1-10(2)32-16-8-13(7-15(27)19(16)29-23(32)25(5,6)34)18-14(26)9-28-24(31-18)30-17-11(3)22-35-12(4)21(36-22)20(17)33/h7-12,17,20-22,33-34H,1-6H3,(H,28,30,31)/t11-,12-,17?,20-,21-,22-/m0/s1. The molecule has 1 aromatic carbocycles. The quantitative estimate of drug-likeness (QED) is 0.463. The van der Waals surface area contributed by atoms with Crippen LogP contribution in [0.5, 0.6) is 0 Å². The van der Waals surface area contributed by atoms with Gasteiger partial charge in [0.25, 0.3) is 0 Å². The summed E-state index contributed by atoms with van der Waals surface area (Å²) in [7, 11) is 0. The van der Waals surface area contributed by atoms with E-state index in [1.165, 1.54) is 12.3 Å². The smallest absolute Gasteiger partial charge is 0.223 e. The molecule has 0 aliphatic carbocycles. The minimum Gasteiger partial charge on any atom is -0.388 e. The number of rotatable bonds is 5. The van der Waals surface area contributed by atoms with E-state index in [9.17, 15) is 10.2 Å². The second kappa shape index (κ2) is 8.88. The molecule has 1 unspecified atom stereocenters. The van der Waals surface area contributed by atoms with Crippen molar-refractivity contribution >= 4 is 28.6 Å². The summed E-state index contributed by atoms with van der Waals surface area (Å²) in [6.07, 6.45) is -0.495. The molecule has 11 heteroatoms. The van der Waals surface area contributed by atoms with E-state index in [1.807, 2.05) is 32.3 Å². The molecule has 4 heterocycles. The Morgan fingerprint density at radius 1 is 1.19 bits per heavy atom. The zero-order valence-electron chi connectivity index (χ0n) is 21.0. The number of hydrogen-bond donors (Lipinski definition) is 3. The van der Waals surface area contributed by atoms with Gasteiger partial charge >= 0.3 is 0 Å². The Bertz CT molecular complexity index is 1310. The highest BCUT2D eigenvalue weighted by Crippen LogP contribution is 2.38. The lowest BCUT2D eigenvalue weighted by atomic mass is 9.90. The average Bonchev–Trinajstić information content (AvgIpc) is 3.36. The molecule has 2 aromatic heterocycles. The van der Waals surface area contributed by atoms with Gasteiger partial charge in [0, 0.05) is 17.5 Å². The number of imidazole rings is 1. The van der Waals surface area contributed by atoms with Gasteiger partial charge in [0.2, 0.25) is 5.95 Å². The lowest BCUT2D eigenvalue weighted by Crippen LogP contribution is -2.54. The van der Waals surface area contributed by atoms with E-state index in [0.29, 0.717) is 22.6 Å². The van der Waals surface area contributed by atoms with Gasteiger partial charge in [-0.25, -0.2) is 19.3 Å². The second-order valence-corrected chi connectivity index (χ2v) is 10.9. The van der Waals surface area contributed by atoms with E-state index in [0.717, 1.165) is 0 Å². The molecule has 2 bridgehead atoms. The number of hydrogen-bond acceptors (Lipinski definition) is 8. The van der Waals surface area contributed by atoms with Crippen LogP contribution in [0.25, 0.3) is 22.3 Å². The number of nitrogens with one attached hydrogen (secondary N) is 1. The van der Waals surface area contributed by atoms with E-state index >= 15 is 4.39 Å². The molecule has 36 heavy (non-hydrogen) atoms. The Balaban J connectivity index is 1.55. The molecular formula is C25H31ClFN5O4. The van der Waals surface area contributed by atoms with Gasteiger partial charge in [0.15, 0.2) is 12.1 Å². The van der Waals surface area contributed by atoms with Crippen molar-refractivity contribution in [2.24, 2.45) is 5.92 Å². The van der Waals surface area contributed by atoms with E-state index in [-0.39, 0.29) is 34.6 Å². The Kier molecular flexibility index (Phi) is 6.24. The highest BCUT2D eigenvalue weighted by Gasteiger charge is 2.51. The fourth-order valence-electron chi connectivity index (χ4n) is 5.13. The van der Waals surface area contributed by atoms with Crippen molar-refractivity contribution < 1.29 is 24.1 Å². The molecule has 3 aromatic rings. The minimum absolute atomic E-state index is 0.0827. The van der Waals surface area contributed by atoms with Crippen LogP contribution in [0.4, 0.5) is 10.3 Å². The number of aliphatic hydroxyl groups is 2. The van der Waals surface area contributed by atoms with Crippen molar-refractivity contribution in [3.63, 3.8) is 0 Å². The second-order valence-electron chi connectivity index (χ2n) is 10.5. The third kappa shape index (κ3) is 4.14. The van der Waals surface area contributed by atoms with Crippen molar-refractivity contribution in [3.8, 4) is 11.3 Å². The highest BCUT2D eigenvalue weighted by molar-refractivity contribution is 6.33. The van der Waals surface area contributed by atoms with Crippen molar-refractivity contribution in [2.45, 2.75) is 83.8 Å². The van der Waals surface area contributed by atoms with Crippen LogP contribution in [0.15, 0.2) is 18.3 Å². The molecule has 9 nitrogen and oxygen atoms in total. The predicted octanol–water partition coefficient (Wildman–Crippen LogP) is 4.02. The maximum absolute atomic E-state index is 15.3. The summed E-state index contributed by atoms with van der Waals surface area (Å²) >= 11 is 6.46. The molecule has 0 radical (unpaired) electrons. The monoisotopic (exact) mass is 519 g/mol. The van der Waals surface area contributed by atoms with Crippen LogP contribution in [0.1, 0.15) is 53.4 Å². The zero-order valence-corrected chi connectivity index (χ0v) is 21.8. The van der Waals surface area contributed by atoms with Crippen molar-refractivity contribution in [1.29, 1.82) is 0 Å². The van der Waals surface area contributed by atoms with Crippen LogP contribution in [0.2, 0.25) is 5.02 Å². The number of nitrogens with zero attached hydrogens (tertiary/aromatic N) is 4. The molecule has 2 saturated heterocycles. The number of halogens is 2. The van der Waals surface area contributed by atoms with E-state index in [2.05, 4.69) is 20.3 Å².